The molecule has 7 nitrogen and oxygen atoms in total. The van der Waals surface area contributed by atoms with Crippen LogP contribution < -0.4 is 5.32 Å². The van der Waals surface area contributed by atoms with Crippen LogP contribution in [0.15, 0.2) is 66.9 Å². The third-order valence-corrected chi connectivity index (χ3v) is 6.08. The number of carbonyl (C=O) groups is 1. The number of nitrogens with zero attached hydrogens (tertiary/aromatic N) is 5. The number of benzene rings is 2. The number of hydrogen-bond acceptors (Lipinski definition) is 4. The number of pyridine rings is 1. The van der Waals surface area contributed by atoms with E-state index in [0.717, 1.165) is 39.2 Å². The fourth-order valence-corrected chi connectivity index (χ4v) is 4.36. The molecule has 35 heavy (non-hydrogen) atoms. The van der Waals surface area contributed by atoms with E-state index in [0.29, 0.717) is 17.9 Å². The number of nitrogens with one attached hydrogen (secondary N) is 1. The lowest BCUT2D eigenvalue weighted by molar-refractivity contribution is -0.116. The second-order valence-electron chi connectivity index (χ2n) is 8.54. The summed E-state index contributed by atoms with van der Waals surface area (Å²) in [5.74, 6) is -0.505. The van der Waals surface area contributed by atoms with Gasteiger partial charge in [0.25, 0.3) is 0 Å². The van der Waals surface area contributed by atoms with Crippen LogP contribution in [0.3, 0.4) is 0 Å². The van der Waals surface area contributed by atoms with Crippen molar-refractivity contribution < 1.29 is 9.18 Å². The summed E-state index contributed by atoms with van der Waals surface area (Å²) in [6.07, 6.45) is 1.68. The number of rotatable bonds is 6. The van der Waals surface area contributed by atoms with Gasteiger partial charge in [-0.3, -0.25) is 9.48 Å². The fraction of sp³-hybridized carbons (Fsp3) is 0.185. The summed E-state index contributed by atoms with van der Waals surface area (Å²) in [7, 11) is 0. The quantitative estimate of drug-likeness (QED) is 0.379. The van der Waals surface area contributed by atoms with E-state index in [2.05, 4.69) is 20.5 Å². The first-order valence-electron chi connectivity index (χ1n) is 11.4. The van der Waals surface area contributed by atoms with Crippen LogP contribution in [-0.2, 0) is 17.9 Å². The summed E-state index contributed by atoms with van der Waals surface area (Å²) in [6, 6.07) is 18.3. The predicted molar refractivity (Wildman–Crippen MR) is 134 cm³/mol. The second-order valence-corrected chi connectivity index (χ2v) is 8.54. The first kappa shape index (κ1) is 22.5. The lowest BCUT2D eigenvalue weighted by Gasteiger charge is -2.08. The number of halogens is 1. The van der Waals surface area contributed by atoms with Gasteiger partial charge in [0.05, 0.1) is 29.3 Å². The average molecular weight is 469 g/mol. The van der Waals surface area contributed by atoms with E-state index in [1.54, 1.807) is 23.0 Å². The first-order valence-corrected chi connectivity index (χ1v) is 11.4. The van der Waals surface area contributed by atoms with Gasteiger partial charge in [0.1, 0.15) is 12.4 Å². The molecule has 3 aromatic heterocycles. The van der Waals surface area contributed by atoms with Crippen molar-refractivity contribution in [3.05, 3.63) is 95.3 Å². The Morgan fingerprint density at radius 2 is 1.63 bits per heavy atom. The Labute approximate surface area is 202 Å². The van der Waals surface area contributed by atoms with Gasteiger partial charge in [0.15, 0.2) is 5.65 Å². The molecule has 0 aliphatic carbocycles. The Morgan fingerprint density at radius 3 is 2.37 bits per heavy atom. The number of aromatic nitrogens is 5. The van der Waals surface area contributed by atoms with Gasteiger partial charge in [-0.15, -0.1) is 0 Å². The fourth-order valence-electron chi connectivity index (χ4n) is 4.36. The monoisotopic (exact) mass is 468 g/mol. The molecule has 0 bridgehead atoms. The molecule has 0 atom stereocenters. The van der Waals surface area contributed by atoms with Crippen molar-refractivity contribution in [1.29, 1.82) is 0 Å². The molecule has 1 amide bonds. The Bertz CT molecular complexity index is 1520. The Balaban J connectivity index is 1.39. The zero-order valence-electron chi connectivity index (χ0n) is 19.8. The summed E-state index contributed by atoms with van der Waals surface area (Å²) >= 11 is 0. The molecule has 0 unspecified atom stereocenters. The van der Waals surface area contributed by atoms with E-state index < -0.39 is 0 Å². The maximum Gasteiger partial charge on any atom is 0.246 e. The van der Waals surface area contributed by atoms with Crippen molar-refractivity contribution in [2.24, 2.45) is 0 Å². The first-order chi connectivity index (χ1) is 16.9. The highest BCUT2D eigenvalue weighted by atomic mass is 19.1. The van der Waals surface area contributed by atoms with Crippen molar-refractivity contribution in [3.8, 4) is 11.1 Å². The van der Waals surface area contributed by atoms with Gasteiger partial charge in [-0.25, -0.2) is 14.1 Å². The maximum absolute atomic E-state index is 13.4. The molecule has 0 aliphatic rings. The van der Waals surface area contributed by atoms with Crippen molar-refractivity contribution in [3.63, 3.8) is 0 Å². The molecule has 1 N–H and O–H groups in total. The smallest absolute Gasteiger partial charge is 0.246 e. The molecule has 0 saturated carbocycles. The number of hydrogen-bond donors (Lipinski definition) is 1. The maximum atomic E-state index is 13.4. The van der Waals surface area contributed by atoms with Crippen molar-refractivity contribution in [2.45, 2.75) is 33.9 Å². The molecular formula is C27H25FN6O. The lowest BCUT2D eigenvalue weighted by atomic mass is 10.0. The van der Waals surface area contributed by atoms with Gasteiger partial charge >= 0.3 is 0 Å². The van der Waals surface area contributed by atoms with Gasteiger partial charge in [0, 0.05) is 11.6 Å². The molecule has 2 aromatic carbocycles. The van der Waals surface area contributed by atoms with Crippen LogP contribution in [0.2, 0.25) is 0 Å². The molecule has 5 rings (SSSR count). The van der Waals surface area contributed by atoms with E-state index in [4.69, 9.17) is 0 Å². The third kappa shape index (κ3) is 4.42. The summed E-state index contributed by atoms with van der Waals surface area (Å²) in [5, 5.41) is 13.0. The average Bonchev–Trinajstić information content (AvgIpc) is 3.30. The van der Waals surface area contributed by atoms with Crippen LogP contribution >= 0.6 is 0 Å². The van der Waals surface area contributed by atoms with Crippen LogP contribution in [0, 0.1) is 26.6 Å². The Morgan fingerprint density at radius 1 is 0.914 bits per heavy atom. The molecule has 0 radical (unpaired) electrons. The molecule has 0 spiro atoms. The van der Waals surface area contributed by atoms with E-state index in [1.807, 2.05) is 61.9 Å². The summed E-state index contributed by atoms with van der Waals surface area (Å²) < 4.78 is 16.9. The highest BCUT2D eigenvalue weighted by Crippen LogP contribution is 2.30. The number of amides is 1. The highest BCUT2D eigenvalue weighted by Gasteiger charge is 2.18. The molecule has 0 saturated heterocycles. The lowest BCUT2D eigenvalue weighted by Crippen LogP contribution is -2.20. The minimum atomic E-state index is -0.291. The summed E-state index contributed by atoms with van der Waals surface area (Å²) in [5.41, 5.74) is 6.60. The minimum absolute atomic E-state index is 0.00690. The molecule has 3 heterocycles. The largest absolute Gasteiger partial charge is 0.321 e. The topological polar surface area (TPSA) is 77.6 Å². The van der Waals surface area contributed by atoms with Crippen molar-refractivity contribution in [2.75, 3.05) is 5.32 Å². The van der Waals surface area contributed by atoms with Gasteiger partial charge in [-0.1, -0.05) is 42.5 Å². The van der Waals surface area contributed by atoms with Gasteiger partial charge in [0.2, 0.25) is 5.91 Å². The molecular weight excluding hydrogens is 443 g/mol. The van der Waals surface area contributed by atoms with Gasteiger partial charge < -0.3 is 5.32 Å². The third-order valence-electron chi connectivity index (χ3n) is 6.08. The zero-order valence-corrected chi connectivity index (χ0v) is 19.8. The summed E-state index contributed by atoms with van der Waals surface area (Å²) in [6.45, 7) is 6.35. The Hall–Kier alpha value is -4.33. The van der Waals surface area contributed by atoms with Crippen LogP contribution in [0.4, 0.5) is 10.1 Å². The van der Waals surface area contributed by atoms with Crippen LogP contribution in [-0.4, -0.2) is 30.5 Å². The molecule has 8 heteroatoms. The van der Waals surface area contributed by atoms with Gasteiger partial charge in [-0.2, -0.15) is 10.2 Å². The van der Waals surface area contributed by atoms with Crippen LogP contribution in [0.25, 0.3) is 22.2 Å². The molecule has 176 valence electrons. The number of fused-ring (bicyclic) bond motifs is 1. The highest BCUT2D eigenvalue weighted by molar-refractivity contribution is 5.96. The number of carbonyl (C=O) groups excluding carboxylic acids is 1. The molecule has 0 aliphatic heterocycles. The Kier molecular flexibility index (Phi) is 5.86. The van der Waals surface area contributed by atoms with E-state index >= 15 is 0 Å². The van der Waals surface area contributed by atoms with E-state index in [1.165, 1.54) is 12.1 Å². The minimum Gasteiger partial charge on any atom is -0.321 e. The summed E-state index contributed by atoms with van der Waals surface area (Å²) in [4.78, 5) is 17.5. The van der Waals surface area contributed by atoms with Crippen molar-refractivity contribution >= 4 is 22.6 Å². The van der Waals surface area contributed by atoms with E-state index in [9.17, 15) is 9.18 Å². The standard InChI is InChI=1S/C27H25FN6O/c1-17-25-23(21-9-11-22(28)12-10-21)13-14-29-27(25)34(31-17)16-24(35)30-26-18(2)32-33(19(26)3)15-20-7-5-4-6-8-20/h4-14H,15-16H2,1-3H3,(H,30,35). The van der Waals surface area contributed by atoms with Crippen LogP contribution in [0.1, 0.15) is 22.6 Å². The normalized spacial score (nSPS) is 11.2. The van der Waals surface area contributed by atoms with E-state index in [-0.39, 0.29) is 18.3 Å². The zero-order chi connectivity index (χ0) is 24.5. The number of anilines is 1. The molecule has 5 aromatic rings. The second kappa shape index (κ2) is 9.13. The SMILES string of the molecule is Cc1nn(Cc2ccccc2)c(C)c1NC(=O)Cn1nc(C)c2c(-c3ccc(F)cc3)ccnc21. The number of aryl methyl sites for hydroxylation is 2. The van der Waals surface area contributed by atoms with Gasteiger partial charge in [-0.05, 0) is 55.7 Å². The van der Waals surface area contributed by atoms with Crippen LogP contribution in [0.5, 0.6) is 0 Å². The molecule has 0 fully saturated rings. The van der Waals surface area contributed by atoms with Crippen molar-refractivity contribution in [1.82, 2.24) is 24.5 Å². The predicted octanol–water partition coefficient (Wildman–Crippen LogP) is 5.05.